The summed E-state index contributed by atoms with van der Waals surface area (Å²) in [7, 11) is 0. The lowest BCUT2D eigenvalue weighted by atomic mass is 9.33. The molecule has 5 aliphatic carbocycles. The number of aliphatic hydroxyl groups excluding tert-OH is 2. The van der Waals surface area contributed by atoms with Crippen LogP contribution in [0, 0.1) is 50.2 Å². The number of carbonyl (C=O) groups is 1. The molecule has 5 aliphatic rings. The minimum absolute atomic E-state index is 0.0344. The van der Waals surface area contributed by atoms with Crippen molar-refractivity contribution in [3.05, 3.63) is 11.6 Å². The first-order valence-electron chi connectivity index (χ1n) is 13.9. The van der Waals surface area contributed by atoms with E-state index < -0.39 is 17.5 Å². The van der Waals surface area contributed by atoms with Gasteiger partial charge in [0.05, 0.1) is 17.6 Å². The van der Waals surface area contributed by atoms with Crippen LogP contribution < -0.4 is 0 Å². The number of fused-ring (bicyclic) bond motifs is 7. The van der Waals surface area contributed by atoms with Crippen LogP contribution in [0.4, 0.5) is 0 Å². The Morgan fingerprint density at radius 2 is 1.56 bits per heavy atom. The number of carboxylic acid groups (broad SMARTS) is 1. The topological polar surface area (TPSA) is 77.8 Å². The lowest BCUT2D eigenvalue weighted by Gasteiger charge is -2.72. The maximum atomic E-state index is 12.8. The van der Waals surface area contributed by atoms with Crippen LogP contribution in [-0.4, -0.2) is 33.5 Å². The van der Waals surface area contributed by atoms with Crippen LogP contribution in [0.1, 0.15) is 106 Å². The molecule has 0 aromatic rings. The van der Waals surface area contributed by atoms with Gasteiger partial charge in [-0.25, -0.2) is 0 Å². The molecule has 0 unspecified atom stereocenters. The van der Waals surface area contributed by atoms with Crippen LogP contribution in [0.25, 0.3) is 0 Å². The van der Waals surface area contributed by atoms with Crippen molar-refractivity contribution in [2.75, 3.05) is 0 Å². The van der Waals surface area contributed by atoms with Crippen molar-refractivity contribution < 1.29 is 20.1 Å². The summed E-state index contributed by atoms with van der Waals surface area (Å²) in [6.07, 6.45) is 9.49. The van der Waals surface area contributed by atoms with Crippen molar-refractivity contribution in [1.29, 1.82) is 0 Å². The Kier molecular flexibility index (Phi) is 5.20. The normalized spacial score (nSPS) is 53.4. The zero-order valence-corrected chi connectivity index (χ0v) is 22.6. The first-order valence-corrected chi connectivity index (χ1v) is 13.9. The molecular weight excluding hydrogens is 424 g/mol. The zero-order valence-electron chi connectivity index (χ0n) is 22.6. The second-order valence-corrected chi connectivity index (χ2v) is 15.2. The maximum absolute atomic E-state index is 12.8. The summed E-state index contributed by atoms with van der Waals surface area (Å²) in [4.78, 5) is 12.8. The second kappa shape index (κ2) is 7.12. The average molecular weight is 473 g/mol. The molecule has 4 heteroatoms. The Hall–Kier alpha value is -0.870. The molecule has 4 saturated carbocycles. The molecule has 5 rings (SSSR count). The lowest BCUT2D eigenvalue weighted by Crippen LogP contribution is -2.68. The van der Waals surface area contributed by atoms with E-state index in [-0.39, 0.29) is 45.0 Å². The first-order chi connectivity index (χ1) is 15.6. The van der Waals surface area contributed by atoms with Gasteiger partial charge in [-0.3, -0.25) is 4.79 Å². The van der Waals surface area contributed by atoms with Crippen LogP contribution >= 0.6 is 0 Å². The third kappa shape index (κ3) is 2.88. The summed E-state index contributed by atoms with van der Waals surface area (Å²) in [5.41, 5.74) is 0.421. The van der Waals surface area contributed by atoms with Crippen molar-refractivity contribution in [1.82, 2.24) is 0 Å². The highest BCUT2D eigenvalue weighted by Gasteiger charge is 2.70. The van der Waals surface area contributed by atoms with Crippen LogP contribution in [0.2, 0.25) is 0 Å². The van der Waals surface area contributed by atoms with E-state index >= 15 is 0 Å². The largest absolute Gasteiger partial charge is 0.481 e. The average Bonchev–Trinajstić information content (AvgIpc) is 2.70. The highest BCUT2D eigenvalue weighted by Crippen LogP contribution is 2.75. The van der Waals surface area contributed by atoms with Crippen molar-refractivity contribution in [2.24, 2.45) is 50.2 Å². The molecule has 3 N–H and O–H groups in total. The standard InChI is InChI=1S/C30H48O4/c1-25(2)12-14-30(24(33)34)15-13-28(6)18(19(30)16-25)8-9-21-27(5)11-10-22(32)26(3,4)23(27)20(31)17-29(21,28)7/h8,19-23,31-32H,9-17H2,1-7H3,(H,33,34)/t19-,20+,21+,22-,23+,27+,28+,29+,30-/m0/s1. The third-order valence-electron chi connectivity index (χ3n) is 12.9. The molecule has 34 heavy (non-hydrogen) atoms. The van der Waals surface area contributed by atoms with Crippen LogP contribution in [0.5, 0.6) is 0 Å². The maximum Gasteiger partial charge on any atom is 0.310 e. The number of hydrogen-bond acceptors (Lipinski definition) is 3. The quantitative estimate of drug-likeness (QED) is 0.397. The van der Waals surface area contributed by atoms with Crippen molar-refractivity contribution in [3.8, 4) is 0 Å². The van der Waals surface area contributed by atoms with Crippen LogP contribution in [-0.2, 0) is 4.79 Å². The third-order valence-corrected chi connectivity index (χ3v) is 12.9. The molecular formula is C30H48O4. The molecule has 192 valence electrons. The number of hydrogen-bond donors (Lipinski definition) is 3. The number of carboxylic acids is 1. The lowest BCUT2D eigenvalue weighted by molar-refractivity contribution is -0.242. The highest BCUT2D eigenvalue weighted by molar-refractivity contribution is 5.76. The van der Waals surface area contributed by atoms with Crippen LogP contribution in [0.15, 0.2) is 11.6 Å². The second-order valence-electron chi connectivity index (χ2n) is 15.2. The number of aliphatic carboxylic acids is 1. The Morgan fingerprint density at radius 1 is 0.912 bits per heavy atom. The van der Waals surface area contributed by atoms with Gasteiger partial charge < -0.3 is 15.3 Å². The van der Waals surface area contributed by atoms with Gasteiger partial charge in [0.15, 0.2) is 0 Å². The van der Waals surface area contributed by atoms with E-state index in [4.69, 9.17) is 0 Å². The van der Waals surface area contributed by atoms with Crippen molar-refractivity contribution >= 4 is 5.97 Å². The van der Waals surface area contributed by atoms with Crippen molar-refractivity contribution in [2.45, 2.75) is 118 Å². The number of rotatable bonds is 1. The number of aliphatic hydroxyl groups is 2. The van der Waals surface area contributed by atoms with Gasteiger partial charge in [-0.05, 0) is 103 Å². The van der Waals surface area contributed by atoms with E-state index in [9.17, 15) is 20.1 Å². The molecule has 0 saturated heterocycles. The summed E-state index contributed by atoms with van der Waals surface area (Å²) in [6.45, 7) is 16.2. The summed E-state index contributed by atoms with van der Waals surface area (Å²) >= 11 is 0. The van der Waals surface area contributed by atoms with Gasteiger partial charge in [-0.1, -0.05) is 60.1 Å². The van der Waals surface area contributed by atoms with E-state index in [1.54, 1.807) is 0 Å². The Morgan fingerprint density at radius 3 is 2.21 bits per heavy atom. The zero-order chi connectivity index (χ0) is 25.1. The van der Waals surface area contributed by atoms with Crippen LogP contribution in [0.3, 0.4) is 0 Å². The summed E-state index contributed by atoms with van der Waals surface area (Å²) in [6, 6.07) is 0. The Balaban J connectivity index is 1.63. The van der Waals surface area contributed by atoms with Gasteiger partial charge in [0, 0.05) is 0 Å². The van der Waals surface area contributed by atoms with E-state index in [1.165, 1.54) is 5.57 Å². The van der Waals surface area contributed by atoms with E-state index in [0.717, 1.165) is 57.8 Å². The van der Waals surface area contributed by atoms with Gasteiger partial charge in [0.25, 0.3) is 0 Å². The fourth-order valence-electron chi connectivity index (χ4n) is 10.8. The molecule has 0 aromatic carbocycles. The monoisotopic (exact) mass is 472 g/mol. The molecule has 0 aromatic heterocycles. The summed E-state index contributed by atoms with van der Waals surface area (Å²) in [5.74, 6) is 0.0121. The van der Waals surface area contributed by atoms with Gasteiger partial charge in [0.1, 0.15) is 0 Å². The SMILES string of the molecule is CC1(C)CC[C@]2(C(=O)O)CC[C@]3(C)C(=CC[C@@H]4[C@@]5(C)CC[C@H](O)C(C)(C)[C@H]5[C@H](O)C[C@]43C)[C@@H]2C1. The molecule has 0 heterocycles. The summed E-state index contributed by atoms with van der Waals surface area (Å²) in [5, 5.41) is 33.1. The smallest absolute Gasteiger partial charge is 0.310 e. The Labute approximate surface area is 206 Å². The van der Waals surface area contributed by atoms with Gasteiger partial charge in [0.2, 0.25) is 0 Å². The minimum Gasteiger partial charge on any atom is -0.481 e. The number of allylic oxidation sites excluding steroid dienone is 2. The molecule has 0 aliphatic heterocycles. The minimum atomic E-state index is -0.624. The molecule has 0 bridgehead atoms. The van der Waals surface area contributed by atoms with E-state index in [1.807, 2.05) is 0 Å². The van der Waals surface area contributed by atoms with Gasteiger partial charge >= 0.3 is 5.97 Å². The first kappa shape index (κ1) is 24.8. The van der Waals surface area contributed by atoms with E-state index in [0.29, 0.717) is 5.92 Å². The molecule has 4 fully saturated rings. The molecule has 4 nitrogen and oxygen atoms in total. The van der Waals surface area contributed by atoms with Crippen molar-refractivity contribution in [3.63, 3.8) is 0 Å². The Bertz CT molecular complexity index is 919. The molecule has 0 spiro atoms. The molecule has 9 atom stereocenters. The fraction of sp³-hybridized carbons (Fsp3) is 0.900. The summed E-state index contributed by atoms with van der Waals surface area (Å²) < 4.78 is 0. The van der Waals surface area contributed by atoms with E-state index in [2.05, 4.69) is 54.5 Å². The highest BCUT2D eigenvalue weighted by atomic mass is 16.4. The predicted octanol–water partition coefficient (Wildman–Crippen LogP) is 6.20. The predicted molar refractivity (Wildman–Crippen MR) is 134 cm³/mol. The van der Waals surface area contributed by atoms with Gasteiger partial charge in [-0.15, -0.1) is 0 Å². The molecule has 0 amide bonds. The fourth-order valence-corrected chi connectivity index (χ4v) is 10.8. The molecule has 0 radical (unpaired) electrons. The van der Waals surface area contributed by atoms with Gasteiger partial charge in [-0.2, -0.15) is 0 Å².